The van der Waals surface area contributed by atoms with Crippen LogP contribution in [0.3, 0.4) is 0 Å². The highest BCUT2D eigenvalue weighted by atomic mass is 16.5. The van der Waals surface area contributed by atoms with Gasteiger partial charge in [-0.05, 0) is 61.5 Å². The van der Waals surface area contributed by atoms with E-state index in [4.69, 9.17) is 4.74 Å². The van der Waals surface area contributed by atoms with Crippen molar-refractivity contribution in [2.45, 2.75) is 57.2 Å². The van der Waals surface area contributed by atoms with E-state index >= 15 is 0 Å². The van der Waals surface area contributed by atoms with E-state index in [1.54, 1.807) is 4.90 Å². The maximum absolute atomic E-state index is 13.2. The lowest BCUT2D eigenvalue weighted by atomic mass is 9.48. The Morgan fingerprint density at radius 1 is 0.875 bits per heavy atom. The van der Waals surface area contributed by atoms with Crippen LogP contribution in [0.15, 0.2) is 60.7 Å². The van der Waals surface area contributed by atoms with Gasteiger partial charge in [-0.15, -0.1) is 0 Å². The Bertz CT molecular complexity index is 918. The fourth-order valence-electron chi connectivity index (χ4n) is 6.66. The molecule has 32 heavy (non-hydrogen) atoms. The first-order chi connectivity index (χ1) is 15.4. The van der Waals surface area contributed by atoms with E-state index in [0.29, 0.717) is 31.3 Å². The largest absolute Gasteiger partial charge is 0.455 e. The van der Waals surface area contributed by atoms with E-state index in [1.807, 2.05) is 60.7 Å². The van der Waals surface area contributed by atoms with Crippen LogP contribution in [0.25, 0.3) is 0 Å². The normalized spacial score (nSPS) is 30.2. The van der Waals surface area contributed by atoms with Gasteiger partial charge in [0, 0.05) is 13.1 Å². The predicted molar refractivity (Wildman–Crippen MR) is 120 cm³/mol. The van der Waals surface area contributed by atoms with E-state index in [2.05, 4.69) is 0 Å². The van der Waals surface area contributed by atoms with Gasteiger partial charge in [-0.25, -0.2) is 0 Å². The molecule has 4 aliphatic rings. The van der Waals surface area contributed by atoms with Gasteiger partial charge in [-0.2, -0.15) is 0 Å². The molecule has 0 radical (unpaired) electrons. The second kappa shape index (κ2) is 8.36. The summed E-state index contributed by atoms with van der Waals surface area (Å²) in [5.74, 6) is 0.307. The molecule has 1 N–H and O–H groups in total. The van der Waals surface area contributed by atoms with Crippen molar-refractivity contribution in [1.82, 2.24) is 4.90 Å². The number of nitrogens with zero attached hydrogens (tertiary/aromatic N) is 1. The minimum absolute atomic E-state index is 0.200. The lowest BCUT2D eigenvalue weighted by molar-refractivity contribution is -0.197. The van der Waals surface area contributed by atoms with Crippen molar-refractivity contribution >= 4 is 11.9 Å². The number of carbonyl (C=O) groups is 2. The van der Waals surface area contributed by atoms with Gasteiger partial charge in [0.2, 0.25) is 0 Å². The molecular formula is C27H31NO4. The highest BCUT2D eigenvalue weighted by Gasteiger charge is 2.60. The quantitative estimate of drug-likeness (QED) is 0.668. The molecule has 0 aliphatic heterocycles. The highest BCUT2D eigenvalue weighted by molar-refractivity contribution is 5.83. The van der Waals surface area contributed by atoms with Crippen molar-refractivity contribution in [3.8, 4) is 0 Å². The first-order valence-corrected chi connectivity index (χ1v) is 11.7. The Kier molecular flexibility index (Phi) is 5.54. The number of carbonyl (C=O) groups excluding carboxylic acids is 2. The molecule has 5 heteroatoms. The average molecular weight is 434 g/mol. The van der Waals surface area contributed by atoms with Gasteiger partial charge in [0.05, 0.1) is 11.0 Å². The smallest absolute Gasteiger partial charge is 0.312 e. The number of esters is 1. The van der Waals surface area contributed by atoms with Crippen molar-refractivity contribution in [1.29, 1.82) is 0 Å². The van der Waals surface area contributed by atoms with Crippen LogP contribution in [0.5, 0.6) is 0 Å². The van der Waals surface area contributed by atoms with E-state index < -0.39 is 11.0 Å². The molecule has 2 aromatic rings. The van der Waals surface area contributed by atoms with Gasteiger partial charge < -0.3 is 14.7 Å². The summed E-state index contributed by atoms with van der Waals surface area (Å²) >= 11 is 0. The van der Waals surface area contributed by atoms with Crippen LogP contribution in [0.4, 0.5) is 0 Å². The third kappa shape index (κ3) is 4.31. The molecule has 0 aromatic heterocycles. The lowest BCUT2D eigenvalue weighted by Crippen LogP contribution is -2.58. The summed E-state index contributed by atoms with van der Waals surface area (Å²) in [4.78, 5) is 28.1. The Hall–Kier alpha value is -2.66. The van der Waals surface area contributed by atoms with E-state index in [1.165, 1.54) is 0 Å². The molecule has 4 saturated carbocycles. The molecule has 4 fully saturated rings. The molecule has 0 heterocycles. The van der Waals surface area contributed by atoms with Crippen LogP contribution in [-0.4, -0.2) is 34.1 Å². The molecule has 4 bridgehead atoms. The van der Waals surface area contributed by atoms with Crippen molar-refractivity contribution in [2.24, 2.45) is 17.3 Å². The molecule has 2 unspecified atom stereocenters. The van der Waals surface area contributed by atoms with Gasteiger partial charge >= 0.3 is 5.97 Å². The van der Waals surface area contributed by atoms with Gasteiger partial charge in [-0.3, -0.25) is 9.59 Å². The van der Waals surface area contributed by atoms with E-state index in [9.17, 15) is 14.7 Å². The van der Waals surface area contributed by atoms with E-state index in [-0.39, 0.29) is 18.5 Å². The fourth-order valence-corrected chi connectivity index (χ4v) is 6.66. The van der Waals surface area contributed by atoms with Crippen molar-refractivity contribution in [2.75, 3.05) is 6.61 Å². The zero-order valence-corrected chi connectivity index (χ0v) is 18.4. The standard InChI is InChI=1S/C27H31NO4/c29-24(28(16-20-7-3-1-4-8-20)17-21-9-5-2-6-10-21)18-32-25(30)26-12-22-11-23(13-26)15-27(31,14-22)19-26/h1-10,22-23,31H,11-19H2. The highest BCUT2D eigenvalue weighted by Crippen LogP contribution is 2.61. The minimum atomic E-state index is -0.722. The summed E-state index contributed by atoms with van der Waals surface area (Å²) in [6.07, 6.45) is 4.78. The summed E-state index contributed by atoms with van der Waals surface area (Å²) < 4.78 is 5.65. The molecule has 6 rings (SSSR count). The third-order valence-corrected chi connectivity index (χ3v) is 7.58. The van der Waals surface area contributed by atoms with Crippen LogP contribution in [0.2, 0.25) is 0 Å². The zero-order valence-electron chi connectivity index (χ0n) is 18.4. The number of aliphatic hydroxyl groups is 1. The zero-order chi connectivity index (χ0) is 22.2. The van der Waals surface area contributed by atoms with Crippen molar-refractivity contribution in [3.63, 3.8) is 0 Å². The van der Waals surface area contributed by atoms with Crippen molar-refractivity contribution in [3.05, 3.63) is 71.8 Å². The van der Waals surface area contributed by atoms with Gasteiger partial charge in [0.1, 0.15) is 0 Å². The second-order valence-corrected chi connectivity index (χ2v) is 10.3. The topological polar surface area (TPSA) is 66.8 Å². The molecule has 2 atom stereocenters. The maximum Gasteiger partial charge on any atom is 0.312 e. The summed E-state index contributed by atoms with van der Waals surface area (Å²) in [6.45, 7) is 0.663. The third-order valence-electron chi connectivity index (χ3n) is 7.58. The Morgan fingerprint density at radius 2 is 1.41 bits per heavy atom. The molecule has 2 aromatic carbocycles. The molecule has 0 saturated heterocycles. The summed E-state index contributed by atoms with van der Waals surface area (Å²) in [7, 11) is 0. The SMILES string of the molecule is O=C(COC(=O)C12CC3CC(CC(O)(C3)C1)C2)N(Cc1ccccc1)Cc1ccccc1. The summed E-state index contributed by atoms with van der Waals surface area (Å²) in [5, 5.41) is 10.9. The van der Waals surface area contributed by atoms with Crippen LogP contribution in [-0.2, 0) is 27.4 Å². The predicted octanol–water partition coefficient (Wildman–Crippen LogP) is 4.09. The fraction of sp³-hybridized carbons (Fsp3) is 0.481. The van der Waals surface area contributed by atoms with Gasteiger partial charge in [0.25, 0.3) is 5.91 Å². The molecular weight excluding hydrogens is 402 g/mol. The first-order valence-electron chi connectivity index (χ1n) is 11.7. The average Bonchev–Trinajstić information content (AvgIpc) is 2.76. The molecule has 5 nitrogen and oxygen atoms in total. The molecule has 0 spiro atoms. The molecule has 168 valence electrons. The van der Waals surface area contributed by atoms with Crippen LogP contribution < -0.4 is 0 Å². The summed E-state index contributed by atoms with van der Waals surface area (Å²) in [5.41, 5.74) is 0.737. The number of benzene rings is 2. The Balaban J connectivity index is 1.26. The second-order valence-electron chi connectivity index (χ2n) is 10.3. The molecule has 1 amide bonds. The first kappa shape index (κ1) is 21.2. The molecule has 4 aliphatic carbocycles. The number of ether oxygens (including phenoxy) is 1. The lowest BCUT2D eigenvalue weighted by Gasteiger charge is -2.58. The van der Waals surface area contributed by atoms with Gasteiger partial charge in [0.15, 0.2) is 6.61 Å². The number of amides is 1. The number of hydrogen-bond donors (Lipinski definition) is 1. The van der Waals surface area contributed by atoms with Crippen LogP contribution in [0.1, 0.15) is 49.7 Å². The van der Waals surface area contributed by atoms with Crippen molar-refractivity contribution < 1.29 is 19.4 Å². The summed E-state index contributed by atoms with van der Waals surface area (Å²) in [6, 6.07) is 19.7. The van der Waals surface area contributed by atoms with Gasteiger partial charge in [-0.1, -0.05) is 60.7 Å². The Morgan fingerprint density at radius 3 is 1.91 bits per heavy atom. The van der Waals surface area contributed by atoms with Crippen LogP contribution in [0, 0.1) is 17.3 Å². The minimum Gasteiger partial charge on any atom is -0.455 e. The number of rotatable bonds is 7. The monoisotopic (exact) mass is 433 g/mol. The van der Waals surface area contributed by atoms with Crippen LogP contribution >= 0.6 is 0 Å². The van der Waals surface area contributed by atoms with E-state index in [0.717, 1.165) is 43.2 Å². The maximum atomic E-state index is 13.2. The Labute approximate surface area is 189 Å². The number of hydrogen-bond acceptors (Lipinski definition) is 4.